The molecule has 2 heterocycles. The summed E-state index contributed by atoms with van der Waals surface area (Å²) < 4.78 is 16.7. The van der Waals surface area contributed by atoms with Gasteiger partial charge in [-0.25, -0.2) is 9.78 Å². The van der Waals surface area contributed by atoms with Gasteiger partial charge in [0.05, 0.1) is 40.9 Å². The van der Waals surface area contributed by atoms with Gasteiger partial charge in [-0.3, -0.25) is 0 Å². The number of ether oxygens (including phenoxy) is 3. The highest BCUT2D eigenvalue weighted by molar-refractivity contribution is 6.34. The van der Waals surface area contributed by atoms with Crippen LogP contribution in [0.15, 0.2) is 42.6 Å². The van der Waals surface area contributed by atoms with E-state index in [-0.39, 0.29) is 18.9 Å². The number of methoxy groups -OCH3 is 1. The SMILES string of the molecule is CCOC(=O)c1ncc2[nH]c3cccc(Oc4cc(Cl)ccc4Cl)c3c2c1COC. The summed E-state index contributed by atoms with van der Waals surface area (Å²) in [6.07, 6.45) is 1.61. The van der Waals surface area contributed by atoms with Crippen LogP contribution < -0.4 is 4.74 Å². The second-order valence-electron chi connectivity index (χ2n) is 6.51. The molecular weight excluding hydrogens is 427 g/mol. The number of hydrogen-bond acceptors (Lipinski definition) is 5. The van der Waals surface area contributed by atoms with Gasteiger partial charge in [0.2, 0.25) is 0 Å². The number of halogens is 2. The smallest absolute Gasteiger partial charge is 0.357 e. The van der Waals surface area contributed by atoms with Crippen molar-refractivity contribution in [3.8, 4) is 11.5 Å². The lowest BCUT2D eigenvalue weighted by atomic mass is 10.0. The monoisotopic (exact) mass is 444 g/mol. The number of H-pyrrole nitrogens is 1. The molecule has 6 nitrogen and oxygen atoms in total. The molecule has 0 aliphatic rings. The number of carbonyl (C=O) groups excluding carboxylic acids is 1. The maximum Gasteiger partial charge on any atom is 0.357 e. The summed E-state index contributed by atoms with van der Waals surface area (Å²) in [6.45, 7) is 2.18. The third-order valence-corrected chi connectivity index (χ3v) is 5.14. The molecule has 0 atom stereocenters. The highest BCUT2D eigenvalue weighted by Gasteiger charge is 2.22. The number of fused-ring (bicyclic) bond motifs is 3. The van der Waals surface area contributed by atoms with Crippen LogP contribution in [0.3, 0.4) is 0 Å². The third kappa shape index (κ3) is 3.69. The predicted molar refractivity (Wildman–Crippen MR) is 117 cm³/mol. The minimum absolute atomic E-state index is 0.178. The first-order chi connectivity index (χ1) is 14.5. The predicted octanol–water partition coefficient (Wildman–Crippen LogP) is 6.14. The van der Waals surface area contributed by atoms with Gasteiger partial charge >= 0.3 is 5.97 Å². The van der Waals surface area contributed by atoms with Gasteiger partial charge in [-0.05, 0) is 31.2 Å². The van der Waals surface area contributed by atoms with E-state index in [9.17, 15) is 4.79 Å². The van der Waals surface area contributed by atoms with Crippen LogP contribution >= 0.6 is 23.2 Å². The molecule has 0 aliphatic carbocycles. The molecule has 154 valence electrons. The molecule has 0 amide bonds. The van der Waals surface area contributed by atoms with Gasteiger partial charge in [-0.2, -0.15) is 0 Å². The van der Waals surface area contributed by atoms with E-state index in [0.29, 0.717) is 27.1 Å². The molecule has 0 radical (unpaired) electrons. The Bertz CT molecular complexity index is 1250. The van der Waals surface area contributed by atoms with E-state index >= 15 is 0 Å². The molecule has 2 aromatic carbocycles. The molecule has 2 aromatic heterocycles. The Kier molecular flexibility index (Phi) is 5.81. The number of nitrogens with zero attached hydrogens (tertiary/aromatic N) is 1. The van der Waals surface area contributed by atoms with Gasteiger partial charge in [-0.1, -0.05) is 29.3 Å². The van der Waals surface area contributed by atoms with Crippen molar-refractivity contribution < 1.29 is 19.0 Å². The number of esters is 1. The molecule has 4 rings (SSSR count). The van der Waals surface area contributed by atoms with Crippen LogP contribution in [-0.2, 0) is 16.1 Å². The highest BCUT2D eigenvalue weighted by Crippen LogP contribution is 2.40. The van der Waals surface area contributed by atoms with Gasteiger partial charge in [0.1, 0.15) is 11.5 Å². The number of benzene rings is 2. The fraction of sp³-hybridized carbons (Fsp3) is 0.182. The zero-order valence-electron chi connectivity index (χ0n) is 16.3. The van der Waals surface area contributed by atoms with Crippen molar-refractivity contribution in [2.45, 2.75) is 13.5 Å². The Labute approximate surface area is 182 Å². The molecule has 0 unspecified atom stereocenters. The van der Waals surface area contributed by atoms with E-state index in [2.05, 4.69) is 9.97 Å². The average molecular weight is 445 g/mol. The lowest BCUT2D eigenvalue weighted by Gasteiger charge is -2.12. The number of pyridine rings is 1. The lowest BCUT2D eigenvalue weighted by molar-refractivity contribution is 0.0514. The van der Waals surface area contributed by atoms with Crippen LogP contribution in [0.1, 0.15) is 23.0 Å². The third-order valence-electron chi connectivity index (χ3n) is 4.60. The molecule has 0 spiro atoms. The zero-order chi connectivity index (χ0) is 21.3. The zero-order valence-corrected chi connectivity index (χ0v) is 17.8. The molecule has 0 saturated carbocycles. The van der Waals surface area contributed by atoms with Crippen LogP contribution in [0.25, 0.3) is 21.8 Å². The molecule has 0 bridgehead atoms. The normalized spacial score (nSPS) is 11.2. The summed E-state index contributed by atoms with van der Waals surface area (Å²) >= 11 is 12.4. The van der Waals surface area contributed by atoms with Gasteiger partial charge in [0.25, 0.3) is 0 Å². The van der Waals surface area contributed by atoms with E-state index in [4.69, 9.17) is 37.4 Å². The summed E-state index contributed by atoms with van der Waals surface area (Å²) in [7, 11) is 1.56. The first-order valence-electron chi connectivity index (χ1n) is 9.24. The van der Waals surface area contributed by atoms with Crippen molar-refractivity contribution in [3.63, 3.8) is 0 Å². The molecule has 0 saturated heterocycles. The van der Waals surface area contributed by atoms with E-state index in [1.807, 2.05) is 18.2 Å². The van der Waals surface area contributed by atoms with E-state index < -0.39 is 5.97 Å². The summed E-state index contributed by atoms with van der Waals surface area (Å²) in [5.74, 6) is 0.484. The van der Waals surface area contributed by atoms with Crippen LogP contribution in [0.4, 0.5) is 0 Å². The number of rotatable bonds is 6. The summed E-state index contributed by atoms with van der Waals surface area (Å²) in [4.78, 5) is 20.1. The van der Waals surface area contributed by atoms with Crippen LogP contribution in [0.5, 0.6) is 11.5 Å². The quantitative estimate of drug-likeness (QED) is 0.361. The molecule has 4 aromatic rings. The van der Waals surface area contributed by atoms with Crippen molar-refractivity contribution in [2.24, 2.45) is 0 Å². The van der Waals surface area contributed by atoms with Crippen molar-refractivity contribution >= 4 is 51.0 Å². The maximum atomic E-state index is 12.5. The second-order valence-corrected chi connectivity index (χ2v) is 7.35. The van der Waals surface area contributed by atoms with Crippen molar-refractivity contribution in [1.82, 2.24) is 9.97 Å². The topological polar surface area (TPSA) is 73.4 Å². The standard InChI is InChI=1S/C22H18Cl2N2O4/c1-3-29-22(27)21-13(11-28-2)19-16(10-25-21)26-15-5-4-6-17(20(15)19)30-18-9-12(23)7-8-14(18)24/h4-10,26H,3,11H2,1-2H3. The second kappa shape index (κ2) is 8.52. The number of nitrogens with one attached hydrogen (secondary N) is 1. The Morgan fingerprint density at radius 2 is 1.93 bits per heavy atom. The summed E-state index contributed by atoms with van der Waals surface area (Å²) in [5.41, 5.74) is 2.40. The Morgan fingerprint density at radius 1 is 1.10 bits per heavy atom. The minimum atomic E-state index is -0.503. The van der Waals surface area contributed by atoms with Crippen LogP contribution in [0, 0.1) is 0 Å². The number of carbonyl (C=O) groups is 1. The summed E-state index contributed by atoms with van der Waals surface area (Å²) in [5, 5.41) is 2.50. The first kappa shape index (κ1) is 20.5. The van der Waals surface area contributed by atoms with E-state index in [1.54, 1.807) is 38.4 Å². The van der Waals surface area contributed by atoms with Crippen LogP contribution in [0.2, 0.25) is 10.0 Å². The fourth-order valence-electron chi connectivity index (χ4n) is 3.39. The summed E-state index contributed by atoms with van der Waals surface area (Å²) in [6, 6.07) is 10.6. The van der Waals surface area contributed by atoms with E-state index in [1.165, 1.54) is 0 Å². The molecule has 0 fully saturated rings. The minimum Gasteiger partial charge on any atom is -0.461 e. The average Bonchev–Trinajstić information content (AvgIpc) is 3.11. The first-order valence-corrected chi connectivity index (χ1v) is 10.00. The highest BCUT2D eigenvalue weighted by atomic mass is 35.5. The lowest BCUT2D eigenvalue weighted by Crippen LogP contribution is -2.11. The fourth-order valence-corrected chi connectivity index (χ4v) is 3.71. The van der Waals surface area contributed by atoms with Gasteiger partial charge in [0.15, 0.2) is 5.69 Å². The molecular formula is C22H18Cl2N2O4. The van der Waals surface area contributed by atoms with Crippen molar-refractivity contribution in [3.05, 3.63) is 63.9 Å². The van der Waals surface area contributed by atoms with Crippen LogP contribution in [-0.4, -0.2) is 29.7 Å². The number of aromatic nitrogens is 2. The van der Waals surface area contributed by atoms with Crippen molar-refractivity contribution in [1.29, 1.82) is 0 Å². The largest absolute Gasteiger partial charge is 0.461 e. The maximum absolute atomic E-state index is 12.5. The molecule has 8 heteroatoms. The number of aromatic amines is 1. The molecule has 1 N–H and O–H groups in total. The van der Waals surface area contributed by atoms with Crippen molar-refractivity contribution in [2.75, 3.05) is 13.7 Å². The molecule has 0 aliphatic heterocycles. The van der Waals surface area contributed by atoms with Gasteiger partial charge in [0, 0.05) is 29.1 Å². The Hall–Kier alpha value is -2.80. The van der Waals surface area contributed by atoms with E-state index in [0.717, 1.165) is 21.8 Å². The molecule has 30 heavy (non-hydrogen) atoms. The Balaban J connectivity index is 1.97. The number of hydrogen-bond donors (Lipinski definition) is 1. The van der Waals surface area contributed by atoms with Gasteiger partial charge in [-0.15, -0.1) is 0 Å². The van der Waals surface area contributed by atoms with Gasteiger partial charge < -0.3 is 19.2 Å². The Morgan fingerprint density at radius 3 is 2.70 bits per heavy atom.